The molecule has 0 saturated heterocycles. The summed E-state index contributed by atoms with van der Waals surface area (Å²) in [7, 11) is 0. The summed E-state index contributed by atoms with van der Waals surface area (Å²) < 4.78 is 35.8. The summed E-state index contributed by atoms with van der Waals surface area (Å²) in [5.74, 6) is -0.544. The van der Waals surface area contributed by atoms with Crippen molar-refractivity contribution in [2.45, 2.75) is 19.4 Å². The van der Waals surface area contributed by atoms with E-state index in [1.54, 1.807) is 19.1 Å². The topological polar surface area (TPSA) is 41.1 Å². The molecule has 0 aliphatic rings. The zero-order valence-corrected chi connectivity index (χ0v) is 12.1. The Morgan fingerprint density at radius 3 is 2.60 bits per heavy atom. The quantitative estimate of drug-likeness (QED) is 0.791. The molecular weight excluding hydrogens is 289 g/mol. The van der Waals surface area contributed by atoms with Crippen LogP contribution in [-0.4, -0.2) is 30.3 Å². The fraction of sp³-hybridized carbons (Fsp3) is 0.462. The van der Waals surface area contributed by atoms with Crippen LogP contribution in [0.1, 0.15) is 22.8 Å². The minimum atomic E-state index is -4.26. The number of aryl methyl sites for hydroxylation is 1. The Bertz CT molecular complexity index is 463. The molecule has 0 heterocycles. The molecule has 20 heavy (non-hydrogen) atoms. The van der Waals surface area contributed by atoms with Crippen LogP contribution >= 0.6 is 11.8 Å². The van der Waals surface area contributed by atoms with Gasteiger partial charge in [-0.2, -0.15) is 13.2 Å². The highest BCUT2D eigenvalue weighted by atomic mass is 32.2. The Labute approximate surface area is 120 Å². The lowest BCUT2D eigenvalue weighted by atomic mass is 10.1. The van der Waals surface area contributed by atoms with Crippen LogP contribution in [0.15, 0.2) is 18.2 Å². The summed E-state index contributed by atoms with van der Waals surface area (Å²) in [4.78, 5) is 11.8. The van der Waals surface area contributed by atoms with Gasteiger partial charge in [0.1, 0.15) is 0 Å². The van der Waals surface area contributed by atoms with Crippen LogP contribution in [-0.2, 0) is 0 Å². The number of halogens is 3. The SMILES string of the molecule is CCNc1ccc(C(=O)NCCSC(F)(F)F)c(C)c1. The second-order valence-corrected chi connectivity index (χ2v) is 5.27. The number of thioether (sulfide) groups is 1. The predicted molar refractivity (Wildman–Crippen MR) is 76.2 cm³/mol. The molecule has 0 saturated carbocycles. The Morgan fingerprint density at radius 2 is 2.05 bits per heavy atom. The first kappa shape index (κ1) is 16.7. The van der Waals surface area contributed by atoms with Crippen molar-refractivity contribution >= 4 is 23.4 Å². The van der Waals surface area contributed by atoms with E-state index >= 15 is 0 Å². The maximum atomic E-state index is 11.9. The van der Waals surface area contributed by atoms with Gasteiger partial charge in [-0.25, -0.2) is 0 Å². The number of nitrogens with one attached hydrogen (secondary N) is 2. The van der Waals surface area contributed by atoms with Crippen molar-refractivity contribution in [2.24, 2.45) is 0 Å². The Kier molecular flexibility index (Phi) is 6.19. The van der Waals surface area contributed by atoms with Crippen LogP contribution < -0.4 is 10.6 Å². The number of alkyl halides is 3. The van der Waals surface area contributed by atoms with Crippen LogP contribution in [0.5, 0.6) is 0 Å². The maximum absolute atomic E-state index is 11.9. The van der Waals surface area contributed by atoms with Crippen molar-refractivity contribution < 1.29 is 18.0 Å². The van der Waals surface area contributed by atoms with E-state index < -0.39 is 5.51 Å². The normalized spacial score (nSPS) is 11.2. The lowest BCUT2D eigenvalue weighted by Crippen LogP contribution is -2.27. The van der Waals surface area contributed by atoms with Gasteiger partial charge in [0.15, 0.2) is 0 Å². The molecule has 0 aliphatic carbocycles. The van der Waals surface area contributed by atoms with E-state index in [1.165, 1.54) is 0 Å². The first-order valence-electron chi connectivity index (χ1n) is 6.17. The van der Waals surface area contributed by atoms with E-state index in [0.717, 1.165) is 17.8 Å². The standard InChI is InChI=1S/C13H17F3N2OS/c1-3-17-10-4-5-11(9(2)8-10)12(19)18-6-7-20-13(14,15)16/h4-5,8,17H,3,6-7H2,1-2H3,(H,18,19). The summed E-state index contributed by atoms with van der Waals surface area (Å²) in [5, 5.41) is 5.61. The minimum Gasteiger partial charge on any atom is -0.385 e. The van der Waals surface area contributed by atoms with Gasteiger partial charge in [0.05, 0.1) is 0 Å². The van der Waals surface area contributed by atoms with Gasteiger partial charge < -0.3 is 10.6 Å². The fourth-order valence-corrected chi connectivity index (χ4v) is 2.09. The molecule has 2 N–H and O–H groups in total. The Hall–Kier alpha value is -1.37. The average molecular weight is 306 g/mol. The summed E-state index contributed by atoms with van der Waals surface area (Å²) in [5.41, 5.74) is -2.09. The highest BCUT2D eigenvalue weighted by Crippen LogP contribution is 2.29. The van der Waals surface area contributed by atoms with Crippen LogP contribution in [0.3, 0.4) is 0 Å². The van der Waals surface area contributed by atoms with Crippen molar-refractivity contribution in [3.05, 3.63) is 29.3 Å². The Balaban J connectivity index is 2.51. The van der Waals surface area contributed by atoms with E-state index in [4.69, 9.17) is 0 Å². The molecule has 0 bridgehead atoms. The predicted octanol–water partition coefficient (Wildman–Crippen LogP) is 3.41. The molecule has 1 aromatic carbocycles. The third-order valence-electron chi connectivity index (χ3n) is 2.51. The van der Waals surface area contributed by atoms with Crippen LogP contribution in [0.4, 0.5) is 18.9 Å². The molecule has 0 spiro atoms. The van der Waals surface area contributed by atoms with Crippen molar-refractivity contribution in [2.75, 3.05) is 24.2 Å². The number of amides is 1. The zero-order valence-electron chi connectivity index (χ0n) is 11.3. The van der Waals surface area contributed by atoms with Crippen molar-refractivity contribution in [1.29, 1.82) is 0 Å². The molecular formula is C13H17F3N2OS. The van der Waals surface area contributed by atoms with Gasteiger partial charge >= 0.3 is 5.51 Å². The van der Waals surface area contributed by atoms with Crippen LogP contribution in [0.25, 0.3) is 0 Å². The number of anilines is 1. The summed E-state index contributed by atoms with van der Waals surface area (Å²) in [6.07, 6.45) is 0. The van der Waals surface area contributed by atoms with Gasteiger partial charge in [-0.3, -0.25) is 4.79 Å². The molecule has 0 radical (unpaired) electrons. The second kappa shape index (κ2) is 7.42. The monoisotopic (exact) mass is 306 g/mol. The number of hydrogen-bond acceptors (Lipinski definition) is 3. The average Bonchev–Trinajstić information content (AvgIpc) is 2.34. The van der Waals surface area contributed by atoms with E-state index in [2.05, 4.69) is 10.6 Å². The van der Waals surface area contributed by atoms with E-state index in [1.807, 2.05) is 13.0 Å². The molecule has 0 aliphatic heterocycles. The van der Waals surface area contributed by atoms with Gasteiger partial charge in [0.25, 0.3) is 5.91 Å². The molecule has 1 rings (SSSR count). The van der Waals surface area contributed by atoms with Gasteiger partial charge in [0, 0.05) is 30.1 Å². The lowest BCUT2D eigenvalue weighted by Gasteiger charge is -2.10. The molecule has 0 atom stereocenters. The minimum absolute atomic E-state index is 0.0165. The smallest absolute Gasteiger partial charge is 0.385 e. The van der Waals surface area contributed by atoms with E-state index in [9.17, 15) is 18.0 Å². The second-order valence-electron chi connectivity index (χ2n) is 4.11. The van der Waals surface area contributed by atoms with Crippen LogP contribution in [0, 0.1) is 6.92 Å². The largest absolute Gasteiger partial charge is 0.441 e. The van der Waals surface area contributed by atoms with Gasteiger partial charge in [-0.05, 0) is 49.4 Å². The van der Waals surface area contributed by atoms with E-state index in [-0.39, 0.29) is 30.0 Å². The van der Waals surface area contributed by atoms with Crippen LogP contribution in [0.2, 0.25) is 0 Å². The molecule has 1 aromatic rings. The first-order chi connectivity index (χ1) is 9.33. The van der Waals surface area contributed by atoms with E-state index in [0.29, 0.717) is 5.56 Å². The summed E-state index contributed by atoms with van der Waals surface area (Å²) >= 11 is -0.141. The summed E-state index contributed by atoms with van der Waals surface area (Å²) in [6, 6.07) is 5.28. The molecule has 0 unspecified atom stereocenters. The Morgan fingerprint density at radius 1 is 1.35 bits per heavy atom. The summed E-state index contributed by atoms with van der Waals surface area (Å²) in [6.45, 7) is 4.52. The third-order valence-corrected chi connectivity index (χ3v) is 3.24. The molecule has 0 aromatic heterocycles. The fourth-order valence-electron chi connectivity index (χ4n) is 1.66. The number of carbonyl (C=O) groups excluding carboxylic acids is 1. The number of benzene rings is 1. The van der Waals surface area contributed by atoms with Crippen molar-refractivity contribution in [3.8, 4) is 0 Å². The first-order valence-corrected chi connectivity index (χ1v) is 7.15. The van der Waals surface area contributed by atoms with Gasteiger partial charge in [-0.15, -0.1) is 0 Å². The lowest BCUT2D eigenvalue weighted by molar-refractivity contribution is -0.0327. The molecule has 7 heteroatoms. The number of hydrogen-bond donors (Lipinski definition) is 2. The molecule has 1 amide bonds. The number of carbonyl (C=O) groups is 1. The highest BCUT2D eigenvalue weighted by molar-refractivity contribution is 8.00. The van der Waals surface area contributed by atoms with Crippen molar-refractivity contribution in [1.82, 2.24) is 5.32 Å². The molecule has 0 fully saturated rings. The number of rotatable bonds is 6. The molecule has 3 nitrogen and oxygen atoms in total. The third kappa shape index (κ3) is 5.73. The van der Waals surface area contributed by atoms with Crippen molar-refractivity contribution in [3.63, 3.8) is 0 Å². The highest BCUT2D eigenvalue weighted by Gasteiger charge is 2.27. The van der Waals surface area contributed by atoms with Gasteiger partial charge in [-0.1, -0.05) is 0 Å². The maximum Gasteiger partial charge on any atom is 0.441 e. The zero-order chi connectivity index (χ0) is 15.2. The molecule has 112 valence electrons. The van der Waals surface area contributed by atoms with Gasteiger partial charge in [0.2, 0.25) is 0 Å².